The zero-order valence-corrected chi connectivity index (χ0v) is 14.3. The highest BCUT2D eigenvalue weighted by Gasteiger charge is 2.07. The lowest BCUT2D eigenvalue weighted by Gasteiger charge is -2.13. The number of nitriles is 1. The average molecular weight is 319 g/mol. The number of benzene rings is 2. The number of nitrogens with zero attached hydrogens (tertiary/aromatic N) is 3. The maximum atomic E-state index is 9.02. The average Bonchev–Trinajstić information content (AvgIpc) is 2.56. The lowest BCUT2D eigenvalue weighted by molar-refractivity contribution is 0.281. The van der Waals surface area contributed by atoms with Gasteiger partial charge in [-0.25, -0.2) is 10.1 Å². The molecule has 0 aliphatic carbocycles. The first-order valence-corrected chi connectivity index (χ1v) is 7.84. The van der Waals surface area contributed by atoms with Crippen molar-refractivity contribution in [3.05, 3.63) is 58.6 Å². The standard InChI is InChI=1S/C20H21N3O/c1-15-6-7-16-11-18(12-19(14-21)22-2)20(13-17(16)10-15)24-9-5-8-23(3)4/h6-7,10-13H,5,8-9H2,1,3-4H3/b19-12-. The summed E-state index contributed by atoms with van der Waals surface area (Å²) in [5, 5.41) is 11.2. The molecule has 0 aliphatic heterocycles. The molecular weight excluding hydrogens is 298 g/mol. The molecule has 0 aliphatic rings. The molecule has 122 valence electrons. The molecule has 0 aromatic heterocycles. The lowest BCUT2D eigenvalue weighted by Crippen LogP contribution is -2.15. The van der Waals surface area contributed by atoms with E-state index in [1.807, 2.05) is 44.4 Å². The van der Waals surface area contributed by atoms with Gasteiger partial charge in [-0.3, -0.25) is 0 Å². The fourth-order valence-electron chi connectivity index (χ4n) is 2.45. The van der Waals surface area contributed by atoms with E-state index in [2.05, 4.69) is 22.7 Å². The Labute approximate surface area is 143 Å². The van der Waals surface area contributed by atoms with Crippen LogP contribution in [0.3, 0.4) is 0 Å². The number of hydrogen-bond acceptors (Lipinski definition) is 3. The molecule has 0 amide bonds. The van der Waals surface area contributed by atoms with Crippen molar-refractivity contribution in [2.75, 3.05) is 27.2 Å². The van der Waals surface area contributed by atoms with Gasteiger partial charge in [-0.2, -0.15) is 0 Å². The molecule has 4 nitrogen and oxygen atoms in total. The lowest BCUT2D eigenvalue weighted by atomic mass is 10.0. The normalized spacial score (nSPS) is 11.3. The second-order valence-corrected chi connectivity index (χ2v) is 6.00. The zero-order chi connectivity index (χ0) is 17.5. The second-order valence-electron chi connectivity index (χ2n) is 6.00. The van der Waals surface area contributed by atoms with E-state index in [0.717, 1.165) is 29.3 Å². The van der Waals surface area contributed by atoms with Gasteiger partial charge in [-0.15, -0.1) is 0 Å². The van der Waals surface area contributed by atoms with E-state index < -0.39 is 0 Å². The van der Waals surface area contributed by atoms with Crippen molar-refractivity contribution in [1.29, 1.82) is 5.26 Å². The Hall–Kier alpha value is -2.82. The summed E-state index contributed by atoms with van der Waals surface area (Å²) in [5.74, 6) is 0.711. The number of ether oxygens (including phenoxy) is 1. The smallest absolute Gasteiger partial charge is 0.262 e. The van der Waals surface area contributed by atoms with E-state index in [9.17, 15) is 0 Å². The highest BCUT2D eigenvalue weighted by Crippen LogP contribution is 2.29. The van der Waals surface area contributed by atoms with Gasteiger partial charge < -0.3 is 9.64 Å². The number of allylic oxidation sites excluding steroid dienone is 1. The van der Waals surface area contributed by atoms with Gasteiger partial charge in [0.05, 0.1) is 19.2 Å². The summed E-state index contributed by atoms with van der Waals surface area (Å²) in [6, 6.07) is 12.1. The van der Waals surface area contributed by atoms with Crippen molar-refractivity contribution in [3.8, 4) is 11.8 Å². The van der Waals surface area contributed by atoms with Crippen LogP contribution in [-0.2, 0) is 0 Å². The molecule has 0 radical (unpaired) electrons. The number of rotatable bonds is 6. The molecule has 2 aromatic rings. The molecule has 24 heavy (non-hydrogen) atoms. The van der Waals surface area contributed by atoms with Crippen molar-refractivity contribution in [2.45, 2.75) is 13.3 Å². The van der Waals surface area contributed by atoms with Gasteiger partial charge in [-0.1, -0.05) is 23.8 Å². The Morgan fingerprint density at radius 1 is 1.29 bits per heavy atom. The van der Waals surface area contributed by atoms with E-state index in [1.54, 1.807) is 6.08 Å². The Balaban J connectivity index is 2.38. The molecule has 2 rings (SSSR count). The highest BCUT2D eigenvalue weighted by molar-refractivity contribution is 5.88. The molecular formula is C20H21N3O. The summed E-state index contributed by atoms with van der Waals surface area (Å²) in [5.41, 5.74) is 2.01. The number of hydrogen-bond donors (Lipinski definition) is 0. The Morgan fingerprint density at radius 2 is 2.08 bits per heavy atom. The van der Waals surface area contributed by atoms with Gasteiger partial charge in [0.15, 0.2) is 0 Å². The summed E-state index contributed by atoms with van der Waals surface area (Å²) in [6.45, 7) is 10.7. The van der Waals surface area contributed by atoms with Crippen LogP contribution >= 0.6 is 0 Å². The van der Waals surface area contributed by atoms with Crippen LogP contribution in [0.15, 0.2) is 36.0 Å². The summed E-state index contributed by atoms with van der Waals surface area (Å²) in [4.78, 5) is 5.36. The molecule has 0 unspecified atom stereocenters. The molecule has 0 saturated heterocycles. The van der Waals surface area contributed by atoms with Gasteiger partial charge in [0.1, 0.15) is 5.75 Å². The van der Waals surface area contributed by atoms with Crippen LogP contribution in [-0.4, -0.2) is 32.1 Å². The molecule has 0 N–H and O–H groups in total. The van der Waals surface area contributed by atoms with E-state index in [4.69, 9.17) is 16.6 Å². The first kappa shape index (κ1) is 17.5. The van der Waals surface area contributed by atoms with Gasteiger partial charge in [0.2, 0.25) is 0 Å². The van der Waals surface area contributed by atoms with Crippen molar-refractivity contribution in [1.82, 2.24) is 4.90 Å². The van der Waals surface area contributed by atoms with Gasteiger partial charge >= 0.3 is 0 Å². The van der Waals surface area contributed by atoms with Crippen LogP contribution in [0.2, 0.25) is 0 Å². The van der Waals surface area contributed by atoms with Gasteiger partial charge in [0, 0.05) is 12.1 Å². The summed E-state index contributed by atoms with van der Waals surface area (Å²) in [7, 11) is 4.06. The Kier molecular flexibility index (Phi) is 5.95. The Bertz CT molecular complexity index is 822. The maximum absolute atomic E-state index is 9.02. The first-order valence-electron chi connectivity index (χ1n) is 7.84. The van der Waals surface area contributed by atoms with Crippen LogP contribution in [0.5, 0.6) is 5.75 Å². The summed E-state index contributed by atoms with van der Waals surface area (Å²) >= 11 is 0. The number of fused-ring (bicyclic) bond motifs is 1. The summed E-state index contributed by atoms with van der Waals surface area (Å²) in [6.07, 6.45) is 2.50. The van der Waals surface area contributed by atoms with Crippen LogP contribution in [0.4, 0.5) is 0 Å². The molecule has 4 heteroatoms. The second kappa shape index (κ2) is 8.15. The van der Waals surface area contributed by atoms with Gasteiger partial charge in [-0.05, 0) is 56.4 Å². The third-order valence-electron chi connectivity index (χ3n) is 3.66. The monoisotopic (exact) mass is 319 g/mol. The van der Waals surface area contributed by atoms with Crippen LogP contribution in [0.1, 0.15) is 17.5 Å². The van der Waals surface area contributed by atoms with Crippen molar-refractivity contribution >= 4 is 16.8 Å². The predicted molar refractivity (Wildman–Crippen MR) is 97.5 cm³/mol. The minimum absolute atomic E-state index is 0.0552. The van der Waals surface area contributed by atoms with E-state index in [-0.39, 0.29) is 5.70 Å². The Morgan fingerprint density at radius 3 is 2.75 bits per heavy atom. The molecule has 0 bridgehead atoms. The van der Waals surface area contributed by atoms with Crippen LogP contribution < -0.4 is 4.74 Å². The highest BCUT2D eigenvalue weighted by atomic mass is 16.5. The summed E-state index contributed by atoms with van der Waals surface area (Å²) < 4.78 is 5.94. The zero-order valence-electron chi connectivity index (χ0n) is 14.3. The predicted octanol–water partition coefficient (Wildman–Crippen LogP) is 4.26. The van der Waals surface area contributed by atoms with E-state index >= 15 is 0 Å². The van der Waals surface area contributed by atoms with Gasteiger partial charge in [0.25, 0.3) is 5.70 Å². The first-order chi connectivity index (χ1) is 11.5. The van der Waals surface area contributed by atoms with E-state index in [1.165, 1.54) is 5.56 Å². The van der Waals surface area contributed by atoms with Crippen molar-refractivity contribution in [2.24, 2.45) is 0 Å². The largest absolute Gasteiger partial charge is 0.493 e. The molecule has 0 fully saturated rings. The molecule has 0 saturated carbocycles. The quantitative estimate of drug-likeness (QED) is 0.454. The topological polar surface area (TPSA) is 40.6 Å². The third-order valence-corrected chi connectivity index (χ3v) is 3.66. The molecule has 2 aromatic carbocycles. The van der Waals surface area contributed by atoms with E-state index in [0.29, 0.717) is 12.4 Å². The van der Waals surface area contributed by atoms with Crippen molar-refractivity contribution < 1.29 is 4.74 Å². The maximum Gasteiger partial charge on any atom is 0.262 e. The third kappa shape index (κ3) is 4.59. The van der Waals surface area contributed by atoms with Crippen LogP contribution in [0, 0.1) is 24.8 Å². The van der Waals surface area contributed by atoms with Crippen molar-refractivity contribution in [3.63, 3.8) is 0 Å². The fraction of sp³-hybridized carbons (Fsp3) is 0.300. The number of aryl methyl sites for hydroxylation is 1. The minimum Gasteiger partial charge on any atom is -0.493 e. The SMILES string of the molecule is [C-]#[N+]/C(C#N)=C\c1cc2ccc(C)cc2cc1OCCCN(C)C. The molecule has 0 atom stereocenters. The molecule has 0 heterocycles. The molecule has 0 spiro atoms. The van der Waals surface area contributed by atoms with Crippen LogP contribution in [0.25, 0.3) is 21.7 Å². The minimum atomic E-state index is 0.0552. The fourth-order valence-corrected chi connectivity index (χ4v) is 2.45.